The van der Waals surface area contributed by atoms with Gasteiger partial charge < -0.3 is 14.8 Å². The van der Waals surface area contributed by atoms with E-state index < -0.39 is 6.04 Å². The average molecular weight is 368 g/mol. The van der Waals surface area contributed by atoms with Gasteiger partial charge in [-0.15, -0.1) is 5.10 Å². The lowest BCUT2D eigenvalue weighted by Gasteiger charge is -2.23. The Labute approximate surface area is 160 Å². The summed E-state index contributed by atoms with van der Waals surface area (Å²) >= 11 is 0. The van der Waals surface area contributed by atoms with Crippen molar-refractivity contribution in [3.63, 3.8) is 0 Å². The summed E-state index contributed by atoms with van der Waals surface area (Å²) in [5.41, 5.74) is 2.61. The van der Waals surface area contributed by atoms with E-state index in [9.17, 15) is 4.79 Å². The highest BCUT2D eigenvalue weighted by molar-refractivity contribution is 6.00. The van der Waals surface area contributed by atoms with Crippen LogP contribution in [0.25, 0.3) is 0 Å². The zero-order chi connectivity index (χ0) is 19.2. The molecule has 1 unspecified atom stereocenters. The predicted octanol–water partition coefficient (Wildman–Crippen LogP) is 3.77. The number of rotatable bonds is 9. The summed E-state index contributed by atoms with van der Waals surface area (Å²) < 4.78 is 7.37. The number of benzene rings is 1. The zero-order valence-corrected chi connectivity index (χ0v) is 16.4. The molecule has 2 heterocycles. The number of aryl methyl sites for hydroxylation is 2. The Kier molecular flexibility index (Phi) is 6.27. The van der Waals surface area contributed by atoms with Crippen molar-refractivity contribution >= 4 is 12.1 Å². The van der Waals surface area contributed by atoms with E-state index in [1.807, 2.05) is 42.8 Å². The van der Waals surface area contributed by atoms with Crippen LogP contribution in [0.15, 0.2) is 29.4 Å². The number of ether oxygens (including phenoxy) is 1. The van der Waals surface area contributed by atoms with Gasteiger partial charge in [0.15, 0.2) is 5.84 Å². The molecule has 6 heteroatoms. The molecule has 144 valence electrons. The third kappa shape index (κ3) is 4.21. The number of nitrogens with zero attached hydrogens (tertiary/aromatic N) is 3. The second kappa shape index (κ2) is 8.84. The van der Waals surface area contributed by atoms with Crippen molar-refractivity contribution in [2.24, 2.45) is 5.10 Å². The summed E-state index contributed by atoms with van der Waals surface area (Å²) in [7, 11) is 0. The topological polar surface area (TPSA) is 68.5 Å². The van der Waals surface area contributed by atoms with Gasteiger partial charge in [-0.3, -0.25) is 0 Å². The summed E-state index contributed by atoms with van der Waals surface area (Å²) in [5.74, 6) is 2.42. The molecule has 0 saturated heterocycles. The molecule has 0 saturated carbocycles. The van der Waals surface area contributed by atoms with Gasteiger partial charge in [-0.05, 0) is 44.5 Å². The highest BCUT2D eigenvalue weighted by Crippen LogP contribution is 2.25. The fourth-order valence-corrected chi connectivity index (χ4v) is 3.39. The Morgan fingerprint density at radius 2 is 1.96 bits per heavy atom. The second-order valence-electron chi connectivity index (χ2n) is 6.79. The summed E-state index contributed by atoms with van der Waals surface area (Å²) in [6, 6.07) is 7.29. The predicted molar refractivity (Wildman–Crippen MR) is 106 cm³/mol. The molecule has 1 aliphatic heterocycles. The van der Waals surface area contributed by atoms with Crippen molar-refractivity contribution in [2.75, 3.05) is 6.61 Å². The van der Waals surface area contributed by atoms with Crippen molar-refractivity contribution in [1.82, 2.24) is 15.0 Å². The molecule has 1 N–H and O–H groups in total. The molecule has 0 fully saturated rings. The largest absolute Gasteiger partial charge is 0.494 e. The zero-order valence-electron chi connectivity index (χ0n) is 16.4. The Hall–Kier alpha value is -2.63. The number of carbonyl (C=O) groups is 1. The van der Waals surface area contributed by atoms with Gasteiger partial charge in [0.2, 0.25) is 0 Å². The molecular weight excluding hydrogens is 340 g/mol. The molecular formula is C21H28N4O2. The van der Waals surface area contributed by atoms with Crippen LogP contribution in [0.3, 0.4) is 0 Å². The van der Waals surface area contributed by atoms with E-state index in [0.29, 0.717) is 12.4 Å². The van der Waals surface area contributed by atoms with E-state index in [1.54, 1.807) is 0 Å². The van der Waals surface area contributed by atoms with Gasteiger partial charge in [-0.2, -0.15) is 0 Å². The minimum absolute atomic E-state index is 0.444. The first-order chi connectivity index (χ1) is 13.2. The van der Waals surface area contributed by atoms with Crippen molar-refractivity contribution in [3.8, 4) is 5.75 Å². The number of carbonyl (C=O) groups excluding carboxylic acids is 1. The normalized spacial score (nSPS) is 15.7. The number of hydrogen-bond donors (Lipinski definition) is 1. The highest BCUT2D eigenvalue weighted by atomic mass is 16.5. The number of nitrogens with one attached hydrogen (secondary N) is 1. The SMILES string of the molecule is CCCCCCc1nc(C)c2n1N=C(c1ccc(OCC)cc1)NC2C=O. The molecule has 27 heavy (non-hydrogen) atoms. The first-order valence-electron chi connectivity index (χ1n) is 9.80. The van der Waals surface area contributed by atoms with Crippen LogP contribution in [-0.2, 0) is 11.2 Å². The summed E-state index contributed by atoms with van der Waals surface area (Å²) in [6.45, 7) is 6.73. The van der Waals surface area contributed by atoms with Crippen molar-refractivity contribution in [3.05, 3.63) is 47.0 Å². The molecule has 0 bridgehead atoms. The summed E-state index contributed by atoms with van der Waals surface area (Å²) in [5, 5.41) is 8.01. The smallest absolute Gasteiger partial charge is 0.155 e. The van der Waals surface area contributed by atoms with Crippen LogP contribution in [0.5, 0.6) is 5.75 Å². The van der Waals surface area contributed by atoms with Crippen molar-refractivity contribution in [1.29, 1.82) is 0 Å². The van der Waals surface area contributed by atoms with Gasteiger partial charge >= 0.3 is 0 Å². The van der Waals surface area contributed by atoms with Crippen LogP contribution in [0.4, 0.5) is 0 Å². The van der Waals surface area contributed by atoms with Crippen molar-refractivity contribution in [2.45, 2.75) is 58.9 Å². The van der Waals surface area contributed by atoms with Gasteiger partial charge in [0.1, 0.15) is 23.9 Å². The fraction of sp³-hybridized carbons (Fsp3) is 0.476. The van der Waals surface area contributed by atoms with E-state index in [0.717, 1.165) is 47.7 Å². The number of imidazole rings is 1. The summed E-state index contributed by atoms with van der Waals surface area (Å²) in [4.78, 5) is 16.4. The second-order valence-corrected chi connectivity index (χ2v) is 6.79. The molecule has 1 atom stereocenters. The molecule has 0 amide bonds. The minimum atomic E-state index is -0.444. The molecule has 1 aliphatic rings. The van der Waals surface area contributed by atoms with Crippen LogP contribution in [0, 0.1) is 6.92 Å². The van der Waals surface area contributed by atoms with Crippen LogP contribution < -0.4 is 10.1 Å². The van der Waals surface area contributed by atoms with Crippen LogP contribution >= 0.6 is 0 Å². The standard InChI is InChI=1S/C21H28N4O2/c1-4-6-7-8-9-19-22-15(3)20-18(14-26)23-21(24-25(19)20)16-10-12-17(13-11-16)27-5-2/h10-14,18H,4-9H2,1-3H3,(H,23,24). The lowest BCUT2D eigenvalue weighted by Crippen LogP contribution is -2.36. The third-order valence-corrected chi connectivity index (χ3v) is 4.76. The Balaban J connectivity index is 1.90. The molecule has 1 aromatic carbocycles. The quantitative estimate of drug-likeness (QED) is 0.540. The number of aldehydes is 1. The number of aromatic nitrogens is 2. The molecule has 1 aromatic heterocycles. The summed E-state index contributed by atoms with van der Waals surface area (Å²) in [6.07, 6.45) is 6.48. The van der Waals surface area contributed by atoms with E-state index in [1.165, 1.54) is 19.3 Å². The lowest BCUT2D eigenvalue weighted by atomic mass is 10.1. The molecule has 3 rings (SSSR count). The van der Waals surface area contributed by atoms with Crippen LogP contribution in [0.1, 0.15) is 68.3 Å². The average Bonchev–Trinajstić information content (AvgIpc) is 3.01. The van der Waals surface area contributed by atoms with E-state index in [4.69, 9.17) is 14.8 Å². The Morgan fingerprint density at radius 3 is 2.63 bits per heavy atom. The fourth-order valence-electron chi connectivity index (χ4n) is 3.39. The molecule has 0 spiro atoms. The Morgan fingerprint density at radius 1 is 1.19 bits per heavy atom. The van der Waals surface area contributed by atoms with Gasteiger partial charge in [0.25, 0.3) is 0 Å². The lowest BCUT2D eigenvalue weighted by molar-refractivity contribution is -0.109. The van der Waals surface area contributed by atoms with E-state index >= 15 is 0 Å². The van der Waals surface area contributed by atoms with Crippen LogP contribution in [0.2, 0.25) is 0 Å². The van der Waals surface area contributed by atoms with Crippen molar-refractivity contribution < 1.29 is 9.53 Å². The van der Waals surface area contributed by atoms with Gasteiger partial charge in [0.05, 0.1) is 18.0 Å². The highest BCUT2D eigenvalue weighted by Gasteiger charge is 2.28. The molecule has 0 aliphatic carbocycles. The van der Waals surface area contributed by atoms with Crippen LogP contribution in [-0.4, -0.2) is 28.4 Å². The maximum Gasteiger partial charge on any atom is 0.155 e. The molecule has 0 radical (unpaired) electrons. The first kappa shape index (κ1) is 19.1. The number of amidine groups is 1. The Bertz CT molecular complexity index is 808. The van der Waals surface area contributed by atoms with Gasteiger partial charge in [-0.1, -0.05) is 26.2 Å². The van der Waals surface area contributed by atoms with Gasteiger partial charge in [0, 0.05) is 12.0 Å². The van der Waals surface area contributed by atoms with E-state index in [-0.39, 0.29) is 0 Å². The third-order valence-electron chi connectivity index (χ3n) is 4.76. The molecule has 2 aromatic rings. The van der Waals surface area contributed by atoms with Gasteiger partial charge in [-0.25, -0.2) is 9.66 Å². The maximum absolute atomic E-state index is 11.7. The number of fused-ring (bicyclic) bond motifs is 1. The number of hydrogen-bond acceptors (Lipinski definition) is 5. The maximum atomic E-state index is 11.7. The monoisotopic (exact) mass is 368 g/mol. The minimum Gasteiger partial charge on any atom is -0.494 e. The first-order valence-corrected chi connectivity index (χ1v) is 9.80. The van der Waals surface area contributed by atoms with E-state index in [2.05, 4.69) is 12.2 Å². The molecule has 6 nitrogen and oxygen atoms in total. The number of unbranched alkanes of at least 4 members (excludes halogenated alkanes) is 3.